The number of aliphatic carboxylic acids is 1. The quantitative estimate of drug-likeness (QED) is 0.639. The van der Waals surface area contributed by atoms with Gasteiger partial charge >= 0.3 is 12.0 Å². The number of carboxylic acid groups (broad SMARTS) is 1. The number of nitrogens with one attached hydrogen (secondary N) is 1. The zero-order valence-corrected chi connectivity index (χ0v) is 8.52. The van der Waals surface area contributed by atoms with E-state index in [1.54, 1.807) is 0 Å². The van der Waals surface area contributed by atoms with Gasteiger partial charge in [-0.2, -0.15) is 0 Å². The third-order valence-electron chi connectivity index (χ3n) is 2.20. The maximum absolute atomic E-state index is 11.6. The van der Waals surface area contributed by atoms with Gasteiger partial charge in [-0.05, 0) is 12.8 Å². The molecular formula is C9H14N2O4. The molecule has 0 aliphatic carbocycles. The van der Waals surface area contributed by atoms with E-state index in [2.05, 4.69) is 5.32 Å². The number of hydrogen-bond donors (Lipinski definition) is 2. The molecule has 1 aliphatic heterocycles. The highest BCUT2D eigenvalue weighted by Gasteiger charge is 2.36. The molecule has 0 unspecified atom stereocenters. The van der Waals surface area contributed by atoms with Crippen molar-refractivity contribution in [1.82, 2.24) is 10.2 Å². The molecular weight excluding hydrogens is 200 g/mol. The second-order valence-electron chi connectivity index (χ2n) is 3.42. The van der Waals surface area contributed by atoms with E-state index in [0.29, 0.717) is 13.0 Å². The summed E-state index contributed by atoms with van der Waals surface area (Å²) in [5.74, 6) is -1.28. The molecule has 0 radical (unpaired) electrons. The van der Waals surface area contributed by atoms with Gasteiger partial charge < -0.3 is 10.4 Å². The van der Waals surface area contributed by atoms with Crippen molar-refractivity contribution in [2.45, 2.75) is 32.2 Å². The van der Waals surface area contributed by atoms with Gasteiger partial charge in [-0.15, -0.1) is 0 Å². The molecule has 2 N–H and O–H groups in total. The molecule has 0 aromatic carbocycles. The molecule has 15 heavy (non-hydrogen) atoms. The van der Waals surface area contributed by atoms with Crippen molar-refractivity contribution in [3.63, 3.8) is 0 Å². The van der Waals surface area contributed by atoms with Crippen LogP contribution in [-0.2, 0) is 9.59 Å². The van der Waals surface area contributed by atoms with Crippen LogP contribution in [0.2, 0.25) is 0 Å². The predicted octanol–water partition coefficient (Wildman–Crippen LogP) is 0.182. The number of rotatable bonds is 5. The van der Waals surface area contributed by atoms with Crippen LogP contribution < -0.4 is 5.32 Å². The summed E-state index contributed by atoms with van der Waals surface area (Å²) >= 11 is 0. The normalized spacial score (nSPS) is 20.6. The highest BCUT2D eigenvalue weighted by Crippen LogP contribution is 2.11. The summed E-state index contributed by atoms with van der Waals surface area (Å²) in [5, 5.41) is 10.9. The van der Waals surface area contributed by atoms with E-state index in [1.807, 2.05) is 6.92 Å². The Morgan fingerprint density at radius 3 is 2.73 bits per heavy atom. The molecule has 6 nitrogen and oxygen atoms in total. The smallest absolute Gasteiger partial charge is 0.324 e. The second kappa shape index (κ2) is 4.77. The molecule has 6 heteroatoms. The van der Waals surface area contributed by atoms with Crippen molar-refractivity contribution in [2.24, 2.45) is 0 Å². The maximum Gasteiger partial charge on any atom is 0.324 e. The third-order valence-corrected chi connectivity index (χ3v) is 2.20. The van der Waals surface area contributed by atoms with Gasteiger partial charge in [0.2, 0.25) is 0 Å². The SMILES string of the molecule is CCCN1C(=O)N[C@@H](CCC(=O)O)C1=O. The first kappa shape index (κ1) is 11.5. The topological polar surface area (TPSA) is 86.7 Å². The summed E-state index contributed by atoms with van der Waals surface area (Å²) in [6, 6.07) is -1.09. The number of imide groups is 1. The number of hydrogen-bond acceptors (Lipinski definition) is 3. The molecule has 1 heterocycles. The van der Waals surface area contributed by atoms with Crippen LogP contribution in [0.15, 0.2) is 0 Å². The summed E-state index contributed by atoms with van der Waals surface area (Å²) < 4.78 is 0. The molecule has 0 bridgehead atoms. The Morgan fingerprint density at radius 1 is 1.53 bits per heavy atom. The van der Waals surface area contributed by atoms with Gasteiger partial charge in [0.15, 0.2) is 0 Å². The summed E-state index contributed by atoms with van der Waals surface area (Å²) in [5.41, 5.74) is 0. The summed E-state index contributed by atoms with van der Waals surface area (Å²) in [6.45, 7) is 2.25. The Morgan fingerprint density at radius 2 is 2.20 bits per heavy atom. The van der Waals surface area contributed by atoms with E-state index in [1.165, 1.54) is 0 Å². The van der Waals surface area contributed by atoms with Gasteiger partial charge in [0.25, 0.3) is 5.91 Å². The molecule has 0 saturated carbocycles. The first-order chi connectivity index (χ1) is 7.06. The van der Waals surface area contributed by atoms with Crippen LogP contribution in [0.4, 0.5) is 4.79 Å². The van der Waals surface area contributed by atoms with Gasteiger partial charge in [-0.1, -0.05) is 6.92 Å². The van der Waals surface area contributed by atoms with E-state index in [9.17, 15) is 14.4 Å². The van der Waals surface area contributed by atoms with Crippen LogP contribution in [0, 0.1) is 0 Å². The summed E-state index contributed by atoms with van der Waals surface area (Å²) in [4.78, 5) is 34.3. The zero-order valence-electron chi connectivity index (χ0n) is 8.52. The van der Waals surface area contributed by atoms with Gasteiger partial charge in [-0.3, -0.25) is 14.5 Å². The van der Waals surface area contributed by atoms with E-state index in [4.69, 9.17) is 5.11 Å². The summed E-state index contributed by atoms with van der Waals surface area (Å²) in [7, 11) is 0. The van der Waals surface area contributed by atoms with E-state index >= 15 is 0 Å². The average Bonchev–Trinajstić information content (AvgIpc) is 2.43. The number of nitrogens with zero attached hydrogens (tertiary/aromatic N) is 1. The third kappa shape index (κ3) is 2.68. The minimum atomic E-state index is -0.967. The molecule has 84 valence electrons. The lowest BCUT2D eigenvalue weighted by molar-refractivity contribution is -0.137. The Labute approximate surface area is 87.2 Å². The van der Waals surface area contributed by atoms with Crippen LogP contribution in [0.3, 0.4) is 0 Å². The zero-order chi connectivity index (χ0) is 11.4. The largest absolute Gasteiger partial charge is 0.481 e. The Bertz CT molecular complexity index is 290. The van der Waals surface area contributed by atoms with Crippen molar-refractivity contribution in [3.8, 4) is 0 Å². The minimum absolute atomic E-state index is 0.114. The fourth-order valence-corrected chi connectivity index (χ4v) is 1.48. The number of amides is 3. The van der Waals surface area contributed by atoms with Gasteiger partial charge in [0, 0.05) is 13.0 Å². The first-order valence-electron chi connectivity index (χ1n) is 4.90. The summed E-state index contributed by atoms with van der Waals surface area (Å²) in [6.07, 6.45) is 0.738. The number of carbonyl (C=O) groups excluding carboxylic acids is 2. The van der Waals surface area contributed by atoms with Gasteiger partial charge in [-0.25, -0.2) is 4.79 Å². The predicted molar refractivity (Wildman–Crippen MR) is 51.2 cm³/mol. The fraction of sp³-hybridized carbons (Fsp3) is 0.667. The molecule has 1 fully saturated rings. The monoisotopic (exact) mass is 214 g/mol. The number of urea groups is 1. The number of carboxylic acids is 1. The highest BCUT2D eigenvalue weighted by molar-refractivity contribution is 6.04. The molecule has 0 aromatic heterocycles. The Kier molecular flexibility index (Phi) is 3.65. The lowest BCUT2D eigenvalue weighted by Gasteiger charge is -2.10. The standard InChI is InChI=1S/C9H14N2O4/c1-2-5-11-8(14)6(10-9(11)15)3-4-7(12)13/h6H,2-5H2,1H3,(H,10,15)(H,12,13)/t6-/m0/s1. The molecule has 1 rings (SSSR count). The first-order valence-corrected chi connectivity index (χ1v) is 4.90. The van der Waals surface area contributed by atoms with E-state index in [-0.39, 0.29) is 18.7 Å². The molecule has 0 aromatic rings. The van der Waals surface area contributed by atoms with Crippen molar-refractivity contribution < 1.29 is 19.5 Å². The Hall–Kier alpha value is -1.59. The number of carbonyl (C=O) groups is 3. The lowest BCUT2D eigenvalue weighted by Crippen LogP contribution is -2.32. The second-order valence-corrected chi connectivity index (χ2v) is 3.42. The van der Waals surface area contributed by atoms with Gasteiger partial charge in [0.05, 0.1) is 0 Å². The minimum Gasteiger partial charge on any atom is -0.481 e. The van der Waals surface area contributed by atoms with Crippen molar-refractivity contribution >= 4 is 17.9 Å². The average molecular weight is 214 g/mol. The molecule has 0 spiro atoms. The molecule has 1 atom stereocenters. The van der Waals surface area contributed by atoms with Crippen LogP contribution >= 0.6 is 0 Å². The Balaban J connectivity index is 2.53. The molecule has 3 amide bonds. The van der Waals surface area contributed by atoms with Crippen molar-refractivity contribution in [2.75, 3.05) is 6.54 Å². The van der Waals surface area contributed by atoms with Crippen LogP contribution in [0.1, 0.15) is 26.2 Å². The van der Waals surface area contributed by atoms with Crippen LogP contribution in [-0.4, -0.2) is 40.5 Å². The lowest BCUT2D eigenvalue weighted by atomic mass is 10.1. The van der Waals surface area contributed by atoms with Crippen LogP contribution in [0.25, 0.3) is 0 Å². The highest BCUT2D eigenvalue weighted by atomic mass is 16.4. The molecule has 1 saturated heterocycles. The van der Waals surface area contributed by atoms with Crippen molar-refractivity contribution in [1.29, 1.82) is 0 Å². The fourth-order valence-electron chi connectivity index (χ4n) is 1.48. The maximum atomic E-state index is 11.6. The molecule has 1 aliphatic rings. The van der Waals surface area contributed by atoms with Crippen molar-refractivity contribution in [3.05, 3.63) is 0 Å². The van der Waals surface area contributed by atoms with E-state index in [0.717, 1.165) is 4.90 Å². The van der Waals surface area contributed by atoms with Gasteiger partial charge in [0.1, 0.15) is 6.04 Å². The van der Waals surface area contributed by atoms with Crippen LogP contribution in [0.5, 0.6) is 0 Å². The van der Waals surface area contributed by atoms with E-state index < -0.39 is 18.0 Å².